The molecule has 0 fully saturated rings. The second-order valence-electron chi connectivity index (χ2n) is 4.66. The van der Waals surface area contributed by atoms with Crippen LogP contribution in [-0.4, -0.2) is 29.8 Å². The lowest BCUT2D eigenvalue weighted by Gasteiger charge is -2.19. The summed E-state index contributed by atoms with van der Waals surface area (Å²) in [5, 5.41) is 2.58. The van der Waals surface area contributed by atoms with Crippen LogP contribution < -0.4 is 15.8 Å². The van der Waals surface area contributed by atoms with Gasteiger partial charge in [-0.25, -0.2) is 9.78 Å². The summed E-state index contributed by atoms with van der Waals surface area (Å²) in [6.07, 6.45) is 1.12. The Hall–Kier alpha value is -1.98. The lowest BCUT2D eigenvalue weighted by Crippen LogP contribution is -2.34. The number of ether oxygens (including phenoxy) is 2. The number of rotatable bonds is 4. The predicted molar refractivity (Wildman–Crippen MR) is 68.4 cm³/mol. The van der Waals surface area contributed by atoms with Gasteiger partial charge in [-0.05, 0) is 32.9 Å². The fraction of sp³-hybridized carbons (Fsp3) is 0.500. The smallest absolute Gasteiger partial charge is 0.407 e. The molecule has 0 unspecified atom stereocenters. The van der Waals surface area contributed by atoms with Crippen molar-refractivity contribution in [2.45, 2.75) is 26.4 Å². The molecule has 6 heteroatoms. The molecule has 0 saturated heterocycles. The Morgan fingerprint density at radius 3 is 2.83 bits per heavy atom. The van der Waals surface area contributed by atoms with Gasteiger partial charge in [0.2, 0.25) is 0 Å². The van der Waals surface area contributed by atoms with Crippen molar-refractivity contribution in [3.63, 3.8) is 0 Å². The third kappa shape index (κ3) is 5.38. The zero-order valence-corrected chi connectivity index (χ0v) is 10.9. The molecule has 1 aromatic heterocycles. The molecule has 0 aliphatic carbocycles. The number of alkyl carbamates (subject to hydrolysis) is 1. The maximum Gasteiger partial charge on any atom is 0.407 e. The molecular weight excluding hydrogens is 234 g/mol. The summed E-state index contributed by atoms with van der Waals surface area (Å²) in [6.45, 7) is 6.05. The molecule has 6 nitrogen and oxygen atoms in total. The number of aromatic nitrogens is 1. The second-order valence-corrected chi connectivity index (χ2v) is 4.66. The quantitative estimate of drug-likeness (QED) is 0.795. The van der Waals surface area contributed by atoms with Crippen molar-refractivity contribution in [1.29, 1.82) is 0 Å². The van der Waals surface area contributed by atoms with Gasteiger partial charge in [0.15, 0.2) is 11.6 Å². The summed E-state index contributed by atoms with van der Waals surface area (Å²) in [7, 11) is 0. The fourth-order valence-electron chi connectivity index (χ4n) is 1.15. The van der Waals surface area contributed by atoms with E-state index in [1.165, 1.54) is 0 Å². The van der Waals surface area contributed by atoms with Gasteiger partial charge < -0.3 is 20.5 Å². The summed E-state index contributed by atoms with van der Waals surface area (Å²) < 4.78 is 10.4. The molecule has 0 aliphatic rings. The number of anilines is 1. The van der Waals surface area contributed by atoms with Gasteiger partial charge in [0.05, 0.1) is 6.54 Å². The van der Waals surface area contributed by atoms with E-state index in [0.29, 0.717) is 24.7 Å². The monoisotopic (exact) mass is 253 g/mol. The van der Waals surface area contributed by atoms with Gasteiger partial charge in [0.25, 0.3) is 0 Å². The summed E-state index contributed by atoms with van der Waals surface area (Å²) in [5.74, 6) is 0.832. The van der Waals surface area contributed by atoms with Crippen LogP contribution in [0, 0.1) is 0 Å². The molecule has 0 bridgehead atoms. The van der Waals surface area contributed by atoms with Gasteiger partial charge in [0.1, 0.15) is 12.2 Å². The highest BCUT2D eigenvalue weighted by molar-refractivity contribution is 5.67. The molecule has 0 spiro atoms. The topological polar surface area (TPSA) is 86.5 Å². The molecule has 100 valence electrons. The SMILES string of the molecule is CC(C)(C)OC(=O)NCCOc1cccnc1N. The predicted octanol–water partition coefficient (Wildman–Crippen LogP) is 1.57. The first kappa shape index (κ1) is 14.1. The largest absolute Gasteiger partial charge is 0.488 e. The van der Waals surface area contributed by atoms with Crippen LogP contribution in [0.5, 0.6) is 5.75 Å². The maximum absolute atomic E-state index is 11.3. The van der Waals surface area contributed by atoms with Crippen molar-refractivity contribution in [3.8, 4) is 5.75 Å². The van der Waals surface area contributed by atoms with E-state index in [0.717, 1.165) is 0 Å². The molecule has 1 aromatic rings. The van der Waals surface area contributed by atoms with E-state index in [2.05, 4.69) is 10.3 Å². The van der Waals surface area contributed by atoms with Crippen LogP contribution in [0.1, 0.15) is 20.8 Å². The summed E-state index contributed by atoms with van der Waals surface area (Å²) in [5.41, 5.74) is 5.10. The van der Waals surface area contributed by atoms with Gasteiger partial charge in [-0.15, -0.1) is 0 Å². The molecule has 18 heavy (non-hydrogen) atoms. The van der Waals surface area contributed by atoms with E-state index in [9.17, 15) is 4.79 Å². The number of nitrogens with two attached hydrogens (primary N) is 1. The number of amides is 1. The van der Waals surface area contributed by atoms with Crippen LogP contribution >= 0.6 is 0 Å². The van der Waals surface area contributed by atoms with Gasteiger partial charge in [-0.3, -0.25) is 0 Å². The first-order valence-corrected chi connectivity index (χ1v) is 5.68. The Balaban J connectivity index is 2.23. The van der Waals surface area contributed by atoms with Crippen LogP contribution in [0.2, 0.25) is 0 Å². The summed E-state index contributed by atoms with van der Waals surface area (Å²) in [4.78, 5) is 15.2. The van der Waals surface area contributed by atoms with Crippen LogP contribution in [0.15, 0.2) is 18.3 Å². The normalized spacial score (nSPS) is 10.8. The van der Waals surface area contributed by atoms with E-state index < -0.39 is 11.7 Å². The molecule has 3 N–H and O–H groups in total. The highest BCUT2D eigenvalue weighted by Gasteiger charge is 2.15. The molecule has 1 heterocycles. The number of nitrogen functional groups attached to an aromatic ring is 1. The molecule has 1 amide bonds. The van der Waals surface area contributed by atoms with E-state index in [1.807, 2.05) is 0 Å². The summed E-state index contributed by atoms with van der Waals surface area (Å²) >= 11 is 0. The summed E-state index contributed by atoms with van der Waals surface area (Å²) in [6, 6.07) is 3.45. The molecule has 0 aliphatic heterocycles. The van der Waals surface area contributed by atoms with Crippen LogP contribution in [-0.2, 0) is 4.74 Å². The lowest BCUT2D eigenvalue weighted by molar-refractivity contribution is 0.0520. The zero-order valence-electron chi connectivity index (χ0n) is 10.9. The second kappa shape index (κ2) is 6.09. The third-order valence-corrected chi connectivity index (χ3v) is 1.83. The molecule has 0 atom stereocenters. The maximum atomic E-state index is 11.3. The molecule has 0 saturated carbocycles. The van der Waals surface area contributed by atoms with Crippen molar-refractivity contribution < 1.29 is 14.3 Å². The first-order chi connectivity index (χ1) is 8.38. The third-order valence-electron chi connectivity index (χ3n) is 1.83. The Labute approximate surface area is 106 Å². The number of nitrogens with zero attached hydrogens (tertiary/aromatic N) is 1. The van der Waals surface area contributed by atoms with E-state index >= 15 is 0 Å². The van der Waals surface area contributed by atoms with Crippen molar-refractivity contribution in [1.82, 2.24) is 10.3 Å². The van der Waals surface area contributed by atoms with E-state index in [1.54, 1.807) is 39.1 Å². The number of hydrogen-bond donors (Lipinski definition) is 2. The zero-order chi connectivity index (χ0) is 13.6. The first-order valence-electron chi connectivity index (χ1n) is 5.68. The highest BCUT2D eigenvalue weighted by atomic mass is 16.6. The van der Waals surface area contributed by atoms with Crippen LogP contribution in [0.3, 0.4) is 0 Å². The minimum Gasteiger partial charge on any atom is -0.488 e. The number of carbonyl (C=O) groups is 1. The highest BCUT2D eigenvalue weighted by Crippen LogP contribution is 2.16. The average molecular weight is 253 g/mol. The van der Waals surface area contributed by atoms with E-state index in [-0.39, 0.29) is 0 Å². The minimum absolute atomic E-state index is 0.301. The number of hydrogen-bond acceptors (Lipinski definition) is 5. The van der Waals surface area contributed by atoms with Gasteiger partial charge in [-0.1, -0.05) is 0 Å². The van der Waals surface area contributed by atoms with E-state index in [4.69, 9.17) is 15.2 Å². The van der Waals surface area contributed by atoms with Gasteiger partial charge >= 0.3 is 6.09 Å². The standard InChI is InChI=1S/C12H19N3O3/c1-12(2,3)18-11(16)15-7-8-17-9-5-4-6-14-10(9)13/h4-6H,7-8H2,1-3H3,(H2,13,14)(H,15,16). The van der Waals surface area contributed by atoms with Gasteiger partial charge in [-0.2, -0.15) is 0 Å². The number of carbonyl (C=O) groups excluding carboxylic acids is 1. The fourth-order valence-corrected chi connectivity index (χ4v) is 1.15. The van der Waals surface area contributed by atoms with Crippen molar-refractivity contribution in [2.75, 3.05) is 18.9 Å². The Morgan fingerprint density at radius 2 is 2.22 bits per heavy atom. The molecular formula is C12H19N3O3. The average Bonchev–Trinajstić information content (AvgIpc) is 2.24. The molecule has 0 aromatic carbocycles. The molecule has 0 radical (unpaired) electrons. The van der Waals surface area contributed by atoms with Crippen molar-refractivity contribution in [3.05, 3.63) is 18.3 Å². The van der Waals surface area contributed by atoms with Crippen molar-refractivity contribution in [2.24, 2.45) is 0 Å². The van der Waals surface area contributed by atoms with Crippen LogP contribution in [0.4, 0.5) is 10.6 Å². The van der Waals surface area contributed by atoms with Crippen LogP contribution in [0.25, 0.3) is 0 Å². The molecule has 1 rings (SSSR count). The Morgan fingerprint density at radius 1 is 1.50 bits per heavy atom. The van der Waals surface area contributed by atoms with Gasteiger partial charge in [0, 0.05) is 6.20 Å². The lowest BCUT2D eigenvalue weighted by atomic mass is 10.2. The number of nitrogens with one attached hydrogen (secondary N) is 1. The Kier molecular flexibility index (Phi) is 4.76. The Bertz CT molecular complexity index is 402. The number of pyridine rings is 1. The van der Waals surface area contributed by atoms with Crippen molar-refractivity contribution >= 4 is 11.9 Å². The minimum atomic E-state index is -0.501.